The minimum atomic E-state index is -0.375. The zero-order chi connectivity index (χ0) is 22.8. The number of methoxy groups -OCH3 is 1. The van der Waals surface area contributed by atoms with Crippen LogP contribution in [0.25, 0.3) is 10.8 Å². The van der Waals surface area contributed by atoms with Crippen LogP contribution in [0.1, 0.15) is 12.8 Å². The summed E-state index contributed by atoms with van der Waals surface area (Å²) in [5, 5.41) is 2.04. The van der Waals surface area contributed by atoms with Crippen molar-refractivity contribution in [2.75, 3.05) is 49.7 Å². The van der Waals surface area contributed by atoms with Crippen LogP contribution in [0, 0.1) is 0 Å². The first-order valence-corrected chi connectivity index (χ1v) is 11.3. The Labute approximate surface area is 193 Å². The number of nitrogens with zero attached hydrogens (tertiary/aromatic N) is 3. The molecule has 2 heterocycles. The summed E-state index contributed by atoms with van der Waals surface area (Å²) in [6, 6.07) is 18.4. The Morgan fingerprint density at radius 3 is 2.39 bits per heavy atom. The van der Waals surface area contributed by atoms with Crippen LogP contribution in [0.5, 0.6) is 11.5 Å². The van der Waals surface area contributed by atoms with Crippen LogP contribution in [0.15, 0.2) is 60.7 Å². The number of fused-ring (bicyclic) bond motifs is 1. The second kappa shape index (κ2) is 9.11. The highest BCUT2D eigenvalue weighted by Crippen LogP contribution is 2.34. The molecule has 0 aliphatic carbocycles. The average molecular weight is 446 g/mol. The van der Waals surface area contributed by atoms with Crippen LogP contribution in [0.3, 0.4) is 0 Å². The number of carbonyl (C=O) groups is 2. The lowest BCUT2D eigenvalue weighted by Crippen LogP contribution is -2.33. The van der Waals surface area contributed by atoms with E-state index in [1.807, 2.05) is 36.4 Å². The van der Waals surface area contributed by atoms with Crippen LogP contribution in [-0.4, -0.2) is 56.7 Å². The predicted molar refractivity (Wildman–Crippen MR) is 128 cm³/mol. The molecule has 0 aromatic heterocycles. The summed E-state index contributed by atoms with van der Waals surface area (Å²) in [5.74, 6) is 0.906. The smallest absolute Gasteiger partial charge is 0.336 e. The molecule has 2 aliphatic rings. The Hall–Kier alpha value is -3.58. The van der Waals surface area contributed by atoms with Crippen molar-refractivity contribution >= 4 is 34.1 Å². The highest BCUT2D eigenvalue weighted by molar-refractivity contribution is 6.27. The van der Waals surface area contributed by atoms with Crippen LogP contribution in [0.4, 0.5) is 16.2 Å². The van der Waals surface area contributed by atoms with Crippen molar-refractivity contribution in [1.29, 1.82) is 0 Å². The molecule has 3 aromatic carbocycles. The van der Waals surface area contributed by atoms with Crippen LogP contribution < -0.4 is 19.3 Å². The summed E-state index contributed by atoms with van der Waals surface area (Å²) >= 11 is 0. The van der Waals surface area contributed by atoms with Gasteiger partial charge >= 0.3 is 6.03 Å². The lowest BCUT2D eigenvalue weighted by Gasteiger charge is -2.20. The van der Waals surface area contributed by atoms with E-state index < -0.39 is 0 Å². The summed E-state index contributed by atoms with van der Waals surface area (Å²) in [6.45, 7) is 3.68. The third-order valence-corrected chi connectivity index (χ3v) is 6.28. The molecule has 0 saturated carbocycles. The van der Waals surface area contributed by atoms with Crippen molar-refractivity contribution in [3.8, 4) is 11.5 Å². The molecule has 33 heavy (non-hydrogen) atoms. The number of imide groups is 1. The summed E-state index contributed by atoms with van der Waals surface area (Å²) in [4.78, 5) is 31.1. The van der Waals surface area contributed by atoms with E-state index in [2.05, 4.69) is 4.90 Å². The maximum Gasteiger partial charge on any atom is 0.336 e. The van der Waals surface area contributed by atoms with Gasteiger partial charge in [-0.2, -0.15) is 0 Å². The van der Waals surface area contributed by atoms with E-state index in [0.29, 0.717) is 29.5 Å². The molecule has 0 radical (unpaired) electrons. The fourth-order valence-corrected chi connectivity index (χ4v) is 4.51. The standard InChI is InChI=1S/C26H27N3O4/c1-32-24-17-21(10-11-23(24)33-15-14-27-12-4-5-13-27)28-18-25(30)29(26(28)31)22-9-8-19-6-2-3-7-20(19)16-22/h2-3,6-11,16-17H,4-5,12-15,18H2,1H3. The summed E-state index contributed by atoms with van der Waals surface area (Å²) < 4.78 is 11.5. The van der Waals surface area contributed by atoms with E-state index in [1.54, 1.807) is 31.4 Å². The summed E-state index contributed by atoms with van der Waals surface area (Å²) in [7, 11) is 1.57. The number of carbonyl (C=O) groups excluding carboxylic acids is 2. The Balaban J connectivity index is 1.33. The normalized spacial score (nSPS) is 16.8. The molecule has 2 saturated heterocycles. The molecule has 5 rings (SSSR count). The molecule has 7 nitrogen and oxygen atoms in total. The van der Waals surface area contributed by atoms with Gasteiger partial charge < -0.3 is 9.47 Å². The maximum absolute atomic E-state index is 13.2. The number of hydrogen-bond acceptors (Lipinski definition) is 5. The van der Waals surface area contributed by atoms with Gasteiger partial charge in [0.2, 0.25) is 0 Å². The Kier molecular flexibility index (Phi) is 5.88. The number of amides is 3. The largest absolute Gasteiger partial charge is 0.493 e. The van der Waals surface area contributed by atoms with Gasteiger partial charge in [-0.3, -0.25) is 14.6 Å². The first-order valence-electron chi connectivity index (χ1n) is 11.3. The SMILES string of the molecule is COc1cc(N2CC(=O)N(c3ccc4ccccc4c3)C2=O)ccc1OCCN1CCCC1. The lowest BCUT2D eigenvalue weighted by molar-refractivity contribution is -0.115. The third kappa shape index (κ3) is 4.24. The molecule has 2 aliphatic heterocycles. The first-order chi connectivity index (χ1) is 16.1. The van der Waals surface area contributed by atoms with Gasteiger partial charge in [0.25, 0.3) is 5.91 Å². The van der Waals surface area contributed by atoms with Gasteiger partial charge in [0.1, 0.15) is 13.2 Å². The molecule has 0 unspecified atom stereocenters. The highest BCUT2D eigenvalue weighted by atomic mass is 16.5. The van der Waals surface area contributed by atoms with Gasteiger partial charge in [-0.1, -0.05) is 30.3 Å². The van der Waals surface area contributed by atoms with Crippen LogP contribution in [-0.2, 0) is 4.79 Å². The zero-order valence-corrected chi connectivity index (χ0v) is 18.7. The Morgan fingerprint density at radius 1 is 0.848 bits per heavy atom. The Bertz CT molecular complexity index is 1190. The van der Waals surface area contributed by atoms with Gasteiger partial charge in [-0.05, 0) is 61.0 Å². The number of hydrogen-bond donors (Lipinski definition) is 0. The second-order valence-corrected chi connectivity index (χ2v) is 8.36. The summed E-state index contributed by atoms with van der Waals surface area (Å²) in [6.07, 6.45) is 2.49. The maximum atomic E-state index is 13.2. The van der Waals surface area contributed by atoms with Crippen molar-refractivity contribution in [2.45, 2.75) is 12.8 Å². The number of urea groups is 1. The number of benzene rings is 3. The highest BCUT2D eigenvalue weighted by Gasteiger charge is 2.38. The van der Waals surface area contributed by atoms with Gasteiger partial charge in [0.15, 0.2) is 11.5 Å². The number of likely N-dealkylation sites (tertiary alicyclic amines) is 1. The lowest BCUT2D eigenvalue weighted by atomic mass is 10.1. The van der Waals surface area contributed by atoms with Gasteiger partial charge in [0.05, 0.1) is 12.8 Å². The third-order valence-electron chi connectivity index (χ3n) is 6.28. The van der Waals surface area contributed by atoms with E-state index >= 15 is 0 Å². The van der Waals surface area contributed by atoms with Gasteiger partial charge in [-0.15, -0.1) is 0 Å². The molecule has 3 aromatic rings. The molecule has 170 valence electrons. The van der Waals surface area contributed by atoms with Crippen molar-refractivity contribution in [3.05, 3.63) is 60.7 Å². The second-order valence-electron chi connectivity index (χ2n) is 8.36. The van der Waals surface area contributed by atoms with Crippen molar-refractivity contribution in [1.82, 2.24) is 4.90 Å². The zero-order valence-electron chi connectivity index (χ0n) is 18.7. The minimum Gasteiger partial charge on any atom is -0.493 e. The van der Waals surface area contributed by atoms with E-state index in [1.165, 1.54) is 22.6 Å². The van der Waals surface area contributed by atoms with E-state index in [-0.39, 0.29) is 18.5 Å². The van der Waals surface area contributed by atoms with E-state index in [9.17, 15) is 9.59 Å². The van der Waals surface area contributed by atoms with E-state index in [0.717, 1.165) is 30.4 Å². The molecule has 0 spiro atoms. The van der Waals surface area contributed by atoms with Crippen molar-refractivity contribution in [2.24, 2.45) is 0 Å². The fraction of sp³-hybridized carbons (Fsp3) is 0.308. The Morgan fingerprint density at radius 2 is 1.61 bits per heavy atom. The molecule has 0 N–H and O–H groups in total. The molecule has 3 amide bonds. The van der Waals surface area contributed by atoms with Crippen molar-refractivity contribution in [3.63, 3.8) is 0 Å². The molecule has 0 bridgehead atoms. The number of anilines is 2. The molecule has 2 fully saturated rings. The van der Waals surface area contributed by atoms with Crippen molar-refractivity contribution < 1.29 is 19.1 Å². The monoisotopic (exact) mass is 445 g/mol. The minimum absolute atomic E-state index is 0.0238. The molecular weight excluding hydrogens is 418 g/mol. The molecule has 0 atom stereocenters. The topological polar surface area (TPSA) is 62.3 Å². The fourth-order valence-electron chi connectivity index (χ4n) is 4.51. The van der Waals surface area contributed by atoms with Crippen LogP contribution >= 0.6 is 0 Å². The van der Waals surface area contributed by atoms with E-state index in [4.69, 9.17) is 9.47 Å². The summed E-state index contributed by atoms with van der Waals surface area (Å²) in [5.41, 5.74) is 1.17. The quantitative estimate of drug-likeness (QED) is 0.508. The van der Waals surface area contributed by atoms with Crippen LogP contribution in [0.2, 0.25) is 0 Å². The first kappa shape index (κ1) is 21.3. The average Bonchev–Trinajstić information content (AvgIpc) is 3.46. The number of rotatable bonds is 7. The van der Waals surface area contributed by atoms with Gasteiger partial charge in [-0.25, -0.2) is 9.69 Å². The predicted octanol–water partition coefficient (Wildman–Crippen LogP) is 4.30. The molecule has 7 heteroatoms. The number of ether oxygens (including phenoxy) is 2. The molecular formula is C26H27N3O4. The van der Waals surface area contributed by atoms with Gasteiger partial charge in [0, 0.05) is 18.3 Å².